The van der Waals surface area contributed by atoms with E-state index < -0.39 is 0 Å². The third-order valence-electron chi connectivity index (χ3n) is 4.14. The lowest BCUT2D eigenvalue weighted by Gasteiger charge is -2.36. The Labute approximate surface area is 125 Å². The first kappa shape index (κ1) is 15.5. The monoisotopic (exact) mass is 295 g/mol. The largest absolute Gasteiger partial charge is 0.347 e. The van der Waals surface area contributed by atoms with E-state index in [1.807, 2.05) is 14.1 Å². The van der Waals surface area contributed by atoms with E-state index in [0.717, 1.165) is 25.8 Å². The van der Waals surface area contributed by atoms with Gasteiger partial charge in [0.1, 0.15) is 0 Å². The van der Waals surface area contributed by atoms with E-state index in [2.05, 4.69) is 28.7 Å². The van der Waals surface area contributed by atoms with Gasteiger partial charge >= 0.3 is 0 Å². The number of likely N-dealkylation sites (tertiary alicyclic amines) is 1. The molecule has 2 rings (SSSR count). The summed E-state index contributed by atoms with van der Waals surface area (Å²) in [6.45, 7) is 3.07. The number of nitrogens with zero attached hydrogens (tertiary/aromatic N) is 2. The van der Waals surface area contributed by atoms with Crippen LogP contribution in [0.4, 0.5) is 0 Å². The number of hydrogen-bond acceptors (Lipinski definition) is 4. The Balaban J connectivity index is 2.26. The highest BCUT2D eigenvalue weighted by atomic mass is 32.1. The smallest absolute Gasteiger partial charge is 0.239 e. The summed E-state index contributed by atoms with van der Waals surface area (Å²) in [6, 6.07) is 2.34. The molecule has 0 bridgehead atoms. The van der Waals surface area contributed by atoms with Crippen LogP contribution < -0.4 is 5.73 Å². The first-order chi connectivity index (χ1) is 9.56. The minimum Gasteiger partial charge on any atom is -0.347 e. The van der Waals surface area contributed by atoms with Gasteiger partial charge in [-0.3, -0.25) is 9.69 Å². The second kappa shape index (κ2) is 6.70. The lowest BCUT2D eigenvalue weighted by atomic mass is 9.97. The zero-order valence-corrected chi connectivity index (χ0v) is 13.4. The summed E-state index contributed by atoms with van der Waals surface area (Å²) in [5.41, 5.74) is 7.62. The van der Waals surface area contributed by atoms with Crippen molar-refractivity contribution >= 4 is 17.2 Å². The van der Waals surface area contributed by atoms with Crippen molar-refractivity contribution in [1.29, 1.82) is 0 Å². The van der Waals surface area contributed by atoms with E-state index in [4.69, 9.17) is 5.73 Å². The average Bonchev–Trinajstić information content (AvgIpc) is 3.09. The molecule has 2 N–H and O–H groups in total. The van der Waals surface area contributed by atoms with Crippen molar-refractivity contribution in [1.82, 2.24) is 9.80 Å². The van der Waals surface area contributed by atoms with Crippen LogP contribution in [0.1, 0.15) is 37.8 Å². The van der Waals surface area contributed by atoms with Gasteiger partial charge in [0, 0.05) is 20.1 Å². The van der Waals surface area contributed by atoms with E-state index in [0.29, 0.717) is 0 Å². The van der Waals surface area contributed by atoms with Crippen LogP contribution in [0.5, 0.6) is 0 Å². The molecule has 3 atom stereocenters. The molecule has 0 aromatic carbocycles. The van der Waals surface area contributed by atoms with E-state index >= 15 is 0 Å². The highest BCUT2D eigenvalue weighted by Gasteiger charge is 2.38. The van der Waals surface area contributed by atoms with Gasteiger partial charge in [0.05, 0.1) is 12.1 Å². The van der Waals surface area contributed by atoms with Crippen LogP contribution in [0.25, 0.3) is 0 Å². The van der Waals surface area contributed by atoms with Crippen LogP contribution in [0.2, 0.25) is 0 Å². The second-order valence-corrected chi connectivity index (χ2v) is 6.48. The normalized spacial score (nSPS) is 22.7. The maximum Gasteiger partial charge on any atom is 0.239 e. The molecule has 1 aliphatic heterocycles. The van der Waals surface area contributed by atoms with Crippen LogP contribution in [0.3, 0.4) is 0 Å². The SMILES string of the molecule is CCC(N)C(c1ccsc1)N1CCCC1C(=O)N(C)C. The maximum absolute atomic E-state index is 12.4. The second-order valence-electron chi connectivity index (χ2n) is 5.70. The third kappa shape index (κ3) is 3.05. The molecule has 0 radical (unpaired) electrons. The summed E-state index contributed by atoms with van der Waals surface area (Å²) in [5.74, 6) is 0.200. The molecule has 1 fully saturated rings. The summed E-state index contributed by atoms with van der Waals surface area (Å²) < 4.78 is 0. The van der Waals surface area contributed by atoms with Crippen molar-refractivity contribution in [3.63, 3.8) is 0 Å². The Kier molecular flexibility index (Phi) is 5.18. The fourth-order valence-corrected chi connectivity index (χ4v) is 3.73. The van der Waals surface area contributed by atoms with Gasteiger partial charge in [-0.25, -0.2) is 0 Å². The molecule has 0 aliphatic carbocycles. The predicted octanol–water partition coefficient (Wildman–Crippen LogP) is 2.08. The van der Waals surface area contributed by atoms with Gasteiger partial charge in [-0.2, -0.15) is 11.3 Å². The van der Waals surface area contributed by atoms with E-state index in [1.54, 1.807) is 16.2 Å². The number of hydrogen-bond donors (Lipinski definition) is 1. The zero-order valence-electron chi connectivity index (χ0n) is 12.6. The molecule has 0 saturated carbocycles. The number of amides is 1. The van der Waals surface area contributed by atoms with Gasteiger partial charge in [0.2, 0.25) is 5.91 Å². The van der Waals surface area contributed by atoms with Crippen molar-refractivity contribution in [2.24, 2.45) is 5.73 Å². The number of likely N-dealkylation sites (N-methyl/N-ethyl adjacent to an activating group) is 1. The standard InChI is InChI=1S/C15H25N3OS/c1-4-12(16)14(11-7-9-20-10-11)18-8-5-6-13(18)15(19)17(2)3/h7,9-10,12-14H,4-6,8,16H2,1-3H3. The zero-order chi connectivity index (χ0) is 14.7. The first-order valence-corrected chi connectivity index (χ1v) is 8.25. The molecule has 1 aliphatic rings. The van der Waals surface area contributed by atoms with Gasteiger partial charge in [-0.1, -0.05) is 6.92 Å². The highest BCUT2D eigenvalue weighted by molar-refractivity contribution is 7.07. The molecular weight excluding hydrogens is 270 g/mol. The number of rotatable bonds is 5. The lowest BCUT2D eigenvalue weighted by molar-refractivity contribution is -0.134. The molecule has 3 unspecified atom stereocenters. The molecule has 2 heterocycles. The minimum atomic E-state index is -0.0208. The van der Waals surface area contributed by atoms with Crippen molar-refractivity contribution in [3.8, 4) is 0 Å². The van der Waals surface area contributed by atoms with Crippen molar-refractivity contribution in [2.75, 3.05) is 20.6 Å². The van der Waals surface area contributed by atoms with Crippen LogP contribution >= 0.6 is 11.3 Å². The van der Waals surface area contributed by atoms with Gasteiger partial charge in [-0.15, -0.1) is 0 Å². The molecule has 0 spiro atoms. The third-order valence-corrected chi connectivity index (χ3v) is 4.84. The van der Waals surface area contributed by atoms with Gasteiger partial charge in [-0.05, 0) is 48.2 Å². The van der Waals surface area contributed by atoms with Gasteiger partial charge < -0.3 is 10.6 Å². The van der Waals surface area contributed by atoms with Gasteiger partial charge in [0.15, 0.2) is 0 Å². The highest BCUT2D eigenvalue weighted by Crippen LogP contribution is 2.33. The average molecular weight is 295 g/mol. The van der Waals surface area contributed by atoms with Crippen molar-refractivity contribution in [2.45, 2.75) is 44.3 Å². The first-order valence-electron chi connectivity index (χ1n) is 7.30. The van der Waals surface area contributed by atoms with Crippen molar-refractivity contribution < 1.29 is 4.79 Å². The maximum atomic E-state index is 12.4. The van der Waals surface area contributed by atoms with Crippen LogP contribution in [0.15, 0.2) is 16.8 Å². The molecule has 5 heteroatoms. The molecular formula is C15H25N3OS. The molecule has 4 nitrogen and oxygen atoms in total. The van der Waals surface area contributed by atoms with E-state index in [9.17, 15) is 4.79 Å². The fourth-order valence-electron chi connectivity index (χ4n) is 3.04. The summed E-state index contributed by atoms with van der Waals surface area (Å²) in [7, 11) is 3.66. The van der Waals surface area contributed by atoms with E-state index in [-0.39, 0.29) is 24.0 Å². The fraction of sp³-hybridized carbons (Fsp3) is 0.667. The lowest BCUT2D eigenvalue weighted by Crippen LogP contribution is -2.48. The van der Waals surface area contributed by atoms with Crippen LogP contribution in [-0.2, 0) is 4.79 Å². The number of carbonyl (C=O) groups excluding carboxylic acids is 1. The quantitative estimate of drug-likeness (QED) is 0.905. The van der Waals surface area contributed by atoms with Crippen LogP contribution in [-0.4, -0.2) is 48.4 Å². The number of nitrogens with two attached hydrogens (primary N) is 1. The Morgan fingerprint density at radius 2 is 2.35 bits per heavy atom. The Morgan fingerprint density at radius 1 is 1.60 bits per heavy atom. The molecule has 1 saturated heterocycles. The molecule has 112 valence electrons. The van der Waals surface area contributed by atoms with Gasteiger partial charge in [0.25, 0.3) is 0 Å². The Hall–Kier alpha value is -0.910. The molecule has 20 heavy (non-hydrogen) atoms. The summed E-state index contributed by atoms with van der Waals surface area (Å²) in [6.07, 6.45) is 2.93. The molecule has 1 aromatic rings. The molecule has 1 aromatic heterocycles. The summed E-state index contributed by atoms with van der Waals surface area (Å²) in [4.78, 5) is 16.4. The van der Waals surface area contributed by atoms with Crippen molar-refractivity contribution in [3.05, 3.63) is 22.4 Å². The summed E-state index contributed by atoms with van der Waals surface area (Å²) >= 11 is 1.69. The molecule has 1 amide bonds. The topological polar surface area (TPSA) is 49.6 Å². The van der Waals surface area contributed by atoms with E-state index in [1.165, 1.54) is 5.56 Å². The Bertz CT molecular complexity index is 432. The minimum absolute atomic E-state index is 0.0208. The number of thiophene rings is 1. The van der Waals surface area contributed by atoms with Crippen LogP contribution in [0, 0.1) is 0 Å². The number of carbonyl (C=O) groups is 1. The summed E-state index contributed by atoms with van der Waals surface area (Å²) in [5, 5.41) is 4.25. The Morgan fingerprint density at radius 3 is 2.90 bits per heavy atom. The predicted molar refractivity (Wildman–Crippen MR) is 83.7 cm³/mol.